The first-order chi connectivity index (χ1) is 6.72. The van der Waals surface area contributed by atoms with Gasteiger partial charge < -0.3 is 5.11 Å². The van der Waals surface area contributed by atoms with E-state index in [1.165, 1.54) is 32.1 Å². The van der Waals surface area contributed by atoms with E-state index in [1.807, 2.05) is 6.08 Å². The minimum Gasteiger partial charge on any atom is -0.389 e. The Labute approximate surface area is 86.2 Å². The minimum atomic E-state index is -0.366. The van der Waals surface area contributed by atoms with Gasteiger partial charge in [-0.25, -0.2) is 0 Å². The van der Waals surface area contributed by atoms with Crippen LogP contribution in [0.15, 0.2) is 12.7 Å². The highest BCUT2D eigenvalue weighted by molar-refractivity contribution is 5.08. The molecule has 1 N–H and O–H groups in total. The second-order valence-corrected chi connectivity index (χ2v) is 5.79. The van der Waals surface area contributed by atoms with Crippen LogP contribution in [-0.2, 0) is 0 Å². The van der Waals surface area contributed by atoms with Crippen LogP contribution in [0.25, 0.3) is 0 Å². The monoisotopic (exact) mass is 192 g/mol. The quantitative estimate of drug-likeness (QED) is 0.667. The zero-order valence-electron chi connectivity index (χ0n) is 8.78. The first kappa shape index (κ1) is 8.96. The van der Waals surface area contributed by atoms with E-state index in [0.29, 0.717) is 11.8 Å². The summed E-state index contributed by atoms with van der Waals surface area (Å²) in [7, 11) is 0. The van der Waals surface area contributed by atoms with Crippen molar-refractivity contribution in [2.45, 2.75) is 44.1 Å². The van der Waals surface area contributed by atoms with E-state index < -0.39 is 0 Å². The van der Waals surface area contributed by atoms with E-state index in [1.54, 1.807) is 0 Å². The lowest BCUT2D eigenvalue weighted by atomic mass is 9.49. The predicted molar refractivity (Wildman–Crippen MR) is 56.8 cm³/mol. The molecule has 1 nitrogen and oxygen atoms in total. The Morgan fingerprint density at radius 1 is 1.07 bits per heavy atom. The Balaban J connectivity index is 1.90. The van der Waals surface area contributed by atoms with Crippen molar-refractivity contribution in [1.29, 1.82) is 0 Å². The summed E-state index contributed by atoms with van der Waals surface area (Å²) in [4.78, 5) is 0. The third kappa shape index (κ3) is 1.05. The maximum absolute atomic E-state index is 10.7. The maximum atomic E-state index is 10.7. The van der Waals surface area contributed by atoms with Crippen molar-refractivity contribution in [2.24, 2.45) is 23.7 Å². The summed E-state index contributed by atoms with van der Waals surface area (Å²) >= 11 is 0. The van der Waals surface area contributed by atoms with Gasteiger partial charge in [0.15, 0.2) is 0 Å². The van der Waals surface area contributed by atoms with Crippen molar-refractivity contribution in [3.63, 3.8) is 0 Å². The number of hydrogen-bond acceptors (Lipinski definition) is 1. The largest absolute Gasteiger partial charge is 0.389 e. The van der Waals surface area contributed by atoms with Crippen LogP contribution in [0.4, 0.5) is 0 Å². The molecule has 0 aromatic carbocycles. The molecule has 0 heterocycles. The third-order valence-electron chi connectivity index (χ3n) is 5.02. The van der Waals surface area contributed by atoms with Crippen molar-refractivity contribution in [3.8, 4) is 0 Å². The Morgan fingerprint density at radius 3 is 2.00 bits per heavy atom. The summed E-state index contributed by atoms with van der Waals surface area (Å²) in [6, 6.07) is 0. The molecule has 4 rings (SSSR count). The fourth-order valence-electron chi connectivity index (χ4n) is 4.56. The smallest absolute Gasteiger partial charge is 0.0738 e. The summed E-state index contributed by atoms with van der Waals surface area (Å²) in [5, 5.41) is 10.7. The normalized spacial score (nSPS) is 54.9. The topological polar surface area (TPSA) is 20.2 Å². The molecule has 0 aromatic heterocycles. The first-order valence-electron chi connectivity index (χ1n) is 6.05. The molecular weight excluding hydrogens is 172 g/mol. The highest BCUT2D eigenvalue weighted by Crippen LogP contribution is 2.59. The van der Waals surface area contributed by atoms with Crippen molar-refractivity contribution < 1.29 is 5.11 Å². The summed E-state index contributed by atoms with van der Waals surface area (Å²) in [5.74, 6) is 3.08. The average molecular weight is 192 g/mol. The fourth-order valence-corrected chi connectivity index (χ4v) is 4.56. The Bertz CT molecular complexity index is 228. The van der Waals surface area contributed by atoms with Gasteiger partial charge in [-0.15, -0.1) is 6.58 Å². The summed E-state index contributed by atoms with van der Waals surface area (Å²) < 4.78 is 0. The van der Waals surface area contributed by atoms with Crippen molar-refractivity contribution >= 4 is 0 Å². The average Bonchev–Trinajstić information content (AvgIpc) is 2.14. The molecule has 4 aliphatic rings. The van der Waals surface area contributed by atoms with Crippen molar-refractivity contribution in [2.75, 3.05) is 0 Å². The molecule has 0 aliphatic heterocycles. The van der Waals surface area contributed by atoms with Crippen molar-refractivity contribution in [3.05, 3.63) is 12.7 Å². The summed E-state index contributed by atoms with van der Waals surface area (Å²) in [6.45, 7) is 3.80. The van der Waals surface area contributed by atoms with Crippen LogP contribution in [0, 0.1) is 23.7 Å². The van der Waals surface area contributed by atoms with Gasteiger partial charge in [0.1, 0.15) is 0 Å². The van der Waals surface area contributed by atoms with Gasteiger partial charge in [0.2, 0.25) is 0 Å². The molecule has 14 heavy (non-hydrogen) atoms. The third-order valence-corrected chi connectivity index (χ3v) is 5.02. The molecule has 0 aromatic rings. The van der Waals surface area contributed by atoms with Gasteiger partial charge in [-0.05, 0) is 62.2 Å². The second kappa shape index (κ2) is 2.85. The molecule has 0 amide bonds. The van der Waals surface area contributed by atoms with Gasteiger partial charge in [-0.2, -0.15) is 0 Å². The Morgan fingerprint density at radius 2 is 1.57 bits per heavy atom. The molecule has 0 unspecified atom stereocenters. The van der Waals surface area contributed by atoms with Gasteiger partial charge in [-0.3, -0.25) is 0 Å². The zero-order chi connectivity index (χ0) is 9.76. The second-order valence-electron chi connectivity index (χ2n) is 5.79. The molecule has 0 saturated heterocycles. The van der Waals surface area contributed by atoms with Gasteiger partial charge in [-0.1, -0.05) is 6.08 Å². The zero-order valence-corrected chi connectivity index (χ0v) is 8.78. The molecule has 1 heteroatoms. The number of rotatable bonds is 2. The predicted octanol–water partition coefficient (Wildman–Crippen LogP) is 2.75. The Hall–Kier alpha value is -0.300. The maximum Gasteiger partial charge on any atom is 0.0738 e. The standard InChI is InChI=1S/C13H20O/c1-2-3-13(14)11-5-9-4-10(7-11)8-12(13)6-9/h2,9-12,14H,1,3-8H2. The van der Waals surface area contributed by atoms with E-state index in [0.717, 1.165) is 18.3 Å². The van der Waals surface area contributed by atoms with Crippen LogP contribution < -0.4 is 0 Å². The lowest BCUT2D eigenvalue weighted by Crippen LogP contribution is -2.57. The molecule has 78 valence electrons. The molecular formula is C13H20O. The van der Waals surface area contributed by atoms with Crippen LogP contribution in [-0.4, -0.2) is 10.7 Å². The van der Waals surface area contributed by atoms with Gasteiger partial charge in [0.25, 0.3) is 0 Å². The Kier molecular flexibility index (Phi) is 1.82. The molecule has 4 saturated carbocycles. The molecule has 4 bridgehead atoms. The van der Waals surface area contributed by atoms with Gasteiger partial charge >= 0.3 is 0 Å². The van der Waals surface area contributed by atoms with Crippen LogP contribution in [0.1, 0.15) is 38.5 Å². The number of hydrogen-bond donors (Lipinski definition) is 1. The molecule has 4 aliphatic carbocycles. The fraction of sp³-hybridized carbons (Fsp3) is 0.846. The molecule has 0 radical (unpaired) electrons. The van der Waals surface area contributed by atoms with Gasteiger partial charge in [0, 0.05) is 0 Å². The van der Waals surface area contributed by atoms with Gasteiger partial charge in [0.05, 0.1) is 5.60 Å². The first-order valence-corrected chi connectivity index (χ1v) is 6.05. The number of aliphatic hydroxyl groups is 1. The van der Waals surface area contributed by atoms with E-state index >= 15 is 0 Å². The molecule has 4 fully saturated rings. The highest BCUT2D eigenvalue weighted by atomic mass is 16.3. The molecule has 0 atom stereocenters. The summed E-state index contributed by atoms with van der Waals surface area (Å²) in [6.07, 6.45) is 9.35. The molecule has 0 spiro atoms. The van der Waals surface area contributed by atoms with Crippen LogP contribution in [0.3, 0.4) is 0 Å². The van der Waals surface area contributed by atoms with E-state index in [9.17, 15) is 5.11 Å². The highest BCUT2D eigenvalue weighted by Gasteiger charge is 2.55. The lowest BCUT2D eigenvalue weighted by Gasteiger charge is -2.58. The van der Waals surface area contributed by atoms with E-state index in [-0.39, 0.29) is 5.60 Å². The van der Waals surface area contributed by atoms with E-state index in [2.05, 4.69) is 6.58 Å². The summed E-state index contributed by atoms with van der Waals surface area (Å²) in [5.41, 5.74) is -0.366. The van der Waals surface area contributed by atoms with Crippen LogP contribution in [0.2, 0.25) is 0 Å². The van der Waals surface area contributed by atoms with Crippen molar-refractivity contribution in [1.82, 2.24) is 0 Å². The van der Waals surface area contributed by atoms with E-state index in [4.69, 9.17) is 0 Å². The minimum absolute atomic E-state index is 0.366. The SMILES string of the molecule is C=CCC1(O)C2CC3CC(C2)CC1C3. The van der Waals surface area contributed by atoms with Crippen LogP contribution in [0.5, 0.6) is 0 Å². The lowest BCUT2D eigenvalue weighted by molar-refractivity contribution is -0.170. The van der Waals surface area contributed by atoms with Crippen LogP contribution >= 0.6 is 0 Å².